The second-order valence-corrected chi connectivity index (χ2v) is 7.30. The Hall–Kier alpha value is -1.96. The zero-order valence-electron chi connectivity index (χ0n) is 14.3. The van der Waals surface area contributed by atoms with E-state index in [1.807, 2.05) is 0 Å². The normalized spacial score (nSPS) is 15.0. The van der Waals surface area contributed by atoms with Crippen LogP contribution in [0.4, 0.5) is 31.3 Å². The molecule has 4 nitrogen and oxygen atoms in total. The van der Waals surface area contributed by atoms with Crippen LogP contribution in [0.15, 0.2) is 0 Å². The maximum Gasteiger partial charge on any atom is 0.439 e. The van der Waals surface area contributed by atoms with Gasteiger partial charge in [0.05, 0.1) is 5.56 Å². The first-order valence-electron chi connectivity index (χ1n) is 8.24. The van der Waals surface area contributed by atoms with E-state index in [1.165, 1.54) is 12.2 Å². The SMILES string of the molecule is CCCC(=O)NC(Nc1sc2c(c1C#N)CCCC2)(C(F)(F)F)C(F)(F)F. The molecule has 150 valence electrons. The number of halogens is 6. The Bertz CT molecular complexity index is 733. The van der Waals surface area contributed by atoms with E-state index in [-0.39, 0.29) is 12.0 Å². The molecule has 0 radical (unpaired) electrons. The molecule has 0 aromatic carbocycles. The first kappa shape index (κ1) is 21.3. The summed E-state index contributed by atoms with van der Waals surface area (Å²) in [4.78, 5) is 12.3. The fourth-order valence-corrected chi connectivity index (χ4v) is 4.21. The number of fused-ring (bicyclic) bond motifs is 1. The van der Waals surface area contributed by atoms with Gasteiger partial charge in [-0.3, -0.25) is 4.79 Å². The van der Waals surface area contributed by atoms with Crippen molar-refractivity contribution in [3.8, 4) is 6.07 Å². The van der Waals surface area contributed by atoms with Crippen molar-refractivity contribution in [2.24, 2.45) is 0 Å². The van der Waals surface area contributed by atoms with Crippen LogP contribution in [0, 0.1) is 11.3 Å². The molecular weight excluding hydrogens is 396 g/mol. The molecule has 0 fully saturated rings. The minimum absolute atomic E-state index is 0.0777. The lowest BCUT2D eigenvalue weighted by Crippen LogP contribution is -2.72. The minimum atomic E-state index is -5.88. The number of anilines is 1. The van der Waals surface area contributed by atoms with Crippen molar-refractivity contribution in [1.29, 1.82) is 5.26 Å². The molecule has 0 unspecified atom stereocenters. The third-order valence-electron chi connectivity index (χ3n) is 4.24. The van der Waals surface area contributed by atoms with Crippen LogP contribution in [0.5, 0.6) is 0 Å². The molecule has 1 aliphatic rings. The van der Waals surface area contributed by atoms with Crippen LogP contribution < -0.4 is 10.6 Å². The van der Waals surface area contributed by atoms with E-state index in [0.29, 0.717) is 41.0 Å². The van der Waals surface area contributed by atoms with Crippen molar-refractivity contribution >= 4 is 22.2 Å². The average Bonchev–Trinajstić information content (AvgIpc) is 2.89. The van der Waals surface area contributed by atoms with E-state index in [0.717, 1.165) is 11.7 Å². The van der Waals surface area contributed by atoms with Crippen molar-refractivity contribution in [1.82, 2.24) is 5.32 Å². The van der Waals surface area contributed by atoms with E-state index in [9.17, 15) is 36.4 Å². The van der Waals surface area contributed by atoms with E-state index in [1.54, 1.807) is 6.07 Å². The standard InChI is InChI=1S/C16H17F6N3OS/c1-2-5-12(26)24-14(15(17,18)19,16(20,21)22)25-13-10(8-23)9-6-3-4-7-11(9)27-13/h25H,2-7H2,1H3,(H,24,26). The third-order valence-corrected chi connectivity index (χ3v) is 5.45. The number of rotatable bonds is 5. The highest BCUT2D eigenvalue weighted by atomic mass is 32.1. The number of hydrogen-bond acceptors (Lipinski definition) is 4. The predicted octanol–water partition coefficient (Wildman–Crippen LogP) is 4.65. The molecule has 1 aromatic rings. The molecule has 0 saturated heterocycles. The summed E-state index contributed by atoms with van der Waals surface area (Å²) in [5, 5.41) is 11.3. The van der Waals surface area contributed by atoms with Gasteiger partial charge in [0.25, 0.3) is 0 Å². The van der Waals surface area contributed by atoms with Crippen LogP contribution >= 0.6 is 11.3 Å². The van der Waals surface area contributed by atoms with Crippen molar-refractivity contribution in [3.05, 3.63) is 16.0 Å². The van der Waals surface area contributed by atoms with Crippen molar-refractivity contribution in [2.75, 3.05) is 5.32 Å². The number of aryl methyl sites for hydroxylation is 1. The first-order chi connectivity index (χ1) is 12.5. The molecule has 2 N–H and O–H groups in total. The summed E-state index contributed by atoms with van der Waals surface area (Å²) in [5.41, 5.74) is -4.42. The molecule has 1 heterocycles. The summed E-state index contributed by atoms with van der Waals surface area (Å²) in [6.45, 7) is 1.46. The lowest BCUT2D eigenvalue weighted by molar-refractivity contribution is -0.295. The zero-order chi connectivity index (χ0) is 20.5. The molecule has 1 aliphatic carbocycles. The molecule has 1 aromatic heterocycles. The number of hydrogen-bond donors (Lipinski definition) is 2. The van der Waals surface area contributed by atoms with Gasteiger partial charge in [-0.05, 0) is 37.7 Å². The van der Waals surface area contributed by atoms with E-state index < -0.39 is 35.3 Å². The van der Waals surface area contributed by atoms with Crippen LogP contribution in [0.3, 0.4) is 0 Å². The van der Waals surface area contributed by atoms with Crippen molar-refractivity contribution in [3.63, 3.8) is 0 Å². The number of nitrogens with zero attached hydrogens (tertiary/aromatic N) is 1. The van der Waals surface area contributed by atoms with Gasteiger partial charge < -0.3 is 10.6 Å². The largest absolute Gasteiger partial charge is 0.439 e. The Morgan fingerprint density at radius 3 is 2.26 bits per heavy atom. The molecule has 11 heteroatoms. The number of nitriles is 1. The number of alkyl halides is 6. The van der Waals surface area contributed by atoms with Crippen LogP contribution in [-0.4, -0.2) is 23.9 Å². The van der Waals surface area contributed by atoms with Crippen molar-refractivity contribution < 1.29 is 31.1 Å². The van der Waals surface area contributed by atoms with E-state index in [2.05, 4.69) is 0 Å². The summed E-state index contributed by atoms with van der Waals surface area (Å²) in [6.07, 6.45) is -9.83. The second-order valence-electron chi connectivity index (χ2n) is 6.20. The van der Waals surface area contributed by atoms with Gasteiger partial charge in [-0.15, -0.1) is 11.3 Å². The summed E-state index contributed by atoms with van der Waals surface area (Å²) in [6, 6.07) is 1.71. The maximum atomic E-state index is 13.6. The van der Waals surface area contributed by atoms with Gasteiger partial charge in [0.1, 0.15) is 11.1 Å². The Labute approximate surface area is 155 Å². The maximum absolute atomic E-state index is 13.6. The average molecular weight is 413 g/mol. The van der Waals surface area contributed by atoms with Crippen LogP contribution in [0.25, 0.3) is 0 Å². The molecule has 0 atom stereocenters. The quantitative estimate of drug-likeness (QED) is 0.546. The lowest BCUT2D eigenvalue weighted by Gasteiger charge is -2.38. The van der Waals surface area contributed by atoms with Gasteiger partial charge in [-0.25, -0.2) is 0 Å². The Balaban J connectivity index is 2.57. The molecule has 0 saturated carbocycles. The lowest BCUT2D eigenvalue weighted by atomic mass is 9.96. The van der Waals surface area contributed by atoms with Gasteiger partial charge in [-0.2, -0.15) is 31.6 Å². The van der Waals surface area contributed by atoms with Crippen LogP contribution in [-0.2, 0) is 17.6 Å². The van der Waals surface area contributed by atoms with Gasteiger partial charge in [-0.1, -0.05) is 6.92 Å². The fourth-order valence-electron chi connectivity index (χ4n) is 2.92. The van der Waals surface area contributed by atoms with Gasteiger partial charge in [0.2, 0.25) is 5.91 Å². The smallest absolute Gasteiger partial charge is 0.338 e. The summed E-state index contributed by atoms with van der Waals surface area (Å²) < 4.78 is 81.6. The molecule has 2 rings (SSSR count). The van der Waals surface area contributed by atoms with E-state index >= 15 is 0 Å². The zero-order valence-corrected chi connectivity index (χ0v) is 15.1. The molecule has 0 aliphatic heterocycles. The Morgan fingerprint density at radius 1 is 1.15 bits per heavy atom. The molecular formula is C16H17F6N3OS. The van der Waals surface area contributed by atoms with Gasteiger partial charge >= 0.3 is 18.0 Å². The summed E-state index contributed by atoms with van der Waals surface area (Å²) >= 11 is 0.701. The highest BCUT2D eigenvalue weighted by Crippen LogP contribution is 2.47. The summed E-state index contributed by atoms with van der Waals surface area (Å²) in [7, 11) is 0. The summed E-state index contributed by atoms with van der Waals surface area (Å²) in [5.74, 6) is -1.39. The molecule has 1 amide bonds. The van der Waals surface area contributed by atoms with Crippen LogP contribution in [0.2, 0.25) is 0 Å². The Kier molecular flexibility index (Phi) is 5.99. The van der Waals surface area contributed by atoms with Gasteiger partial charge in [0.15, 0.2) is 0 Å². The van der Waals surface area contributed by atoms with Crippen molar-refractivity contribution in [2.45, 2.75) is 63.5 Å². The third kappa shape index (κ3) is 4.00. The van der Waals surface area contributed by atoms with Crippen LogP contribution in [0.1, 0.15) is 48.6 Å². The minimum Gasteiger partial charge on any atom is -0.338 e. The molecule has 27 heavy (non-hydrogen) atoms. The number of carbonyl (C=O) groups is 1. The molecule has 0 bridgehead atoms. The van der Waals surface area contributed by atoms with E-state index in [4.69, 9.17) is 0 Å². The predicted molar refractivity (Wildman–Crippen MR) is 87.2 cm³/mol. The first-order valence-corrected chi connectivity index (χ1v) is 9.05. The number of nitrogens with one attached hydrogen (secondary N) is 2. The van der Waals surface area contributed by atoms with Gasteiger partial charge in [0, 0.05) is 11.3 Å². The fraction of sp³-hybridized carbons (Fsp3) is 0.625. The number of amides is 1. The molecule has 0 spiro atoms. The Morgan fingerprint density at radius 2 is 1.74 bits per heavy atom. The second kappa shape index (κ2) is 7.58. The monoisotopic (exact) mass is 413 g/mol. The highest BCUT2D eigenvalue weighted by Gasteiger charge is 2.72. The number of thiophene rings is 1. The number of carbonyl (C=O) groups excluding carboxylic acids is 1. The highest BCUT2D eigenvalue weighted by molar-refractivity contribution is 7.16. The topological polar surface area (TPSA) is 64.9 Å².